The van der Waals surface area contributed by atoms with Crippen LogP contribution < -0.4 is 5.32 Å². The number of halogens is 1. The number of hydrogen-bond acceptors (Lipinski definition) is 4. The summed E-state index contributed by atoms with van der Waals surface area (Å²) in [5.41, 5.74) is 0.846. The van der Waals surface area contributed by atoms with Crippen molar-refractivity contribution in [3.05, 3.63) is 22.7 Å². The number of aromatic nitrogens is 2. The van der Waals surface area contributed by atoms with Gasteiger partial charge in [-0.1, -0.05) is 11.6 Å². The lowest BCUT2D eigenvalue weighted by Gasteiger charge is -2.19. The summed E-state index contributed by atoms with van der Waals surface area (Å²) in [6, 6.07) is 0. The first-order valence-electron chi connectivity index (χ1n) is 5.23. The van der Waals surface area contributed by atoms with E-state index in [-0.39, 0.29) is 6.54 Å². The van der Waals surface area contributed by atoms with Crippen molar-refractivity contribution < 1.29 is 9.53 Å². The van der Waals surface area contributed by atoms with Crippen LogP contribution in [0, 0.1) is 6.92 Å². The number of rotatable bonds is 2. The van der Waals surface area contributed by atoms with E-state index in [1.807, 2.05) is 0 Å². The summed E-state index contributed by atoms with van der Waals surface area (Å²) in [4.78, 5) is 19.5. The smallest absolute Gasteiger partial charge is 0.407 e. The molecule has 5 nitrogen and oxygen atoms in total. The van der Waals surface area contributed by atoms with Gasteiger partial charge < -0.3 is 10.1 Å². The molecule has 1 aromatic heterocycles. The predicted molar refractivity (Wildman–Crippen MR) is 64.9 cm³/mol. The second-order valence-corrected chi connectivity index (χ2v) is 4.97. The van der Waals surface area contributed by atoms with E-state index in [0.717, 1.165) is 0 Å². The van der Waals surface area contributed by atoms with Gasteiger partial charge in [-0.05, 0) is 27.7 Å². The summed E-state index contributed by atoms with van der Waals surface area (Å²) in [6.07, 6.45) is 0.967. The molecule has 1 heterocycles. The summed E-state index contributed by atoms with van der Waals surface area (Å²) in [5.74, 6) is 0. The van der Waals surface area contributed by atoms with E-state index >= 15 is 0 Å². The Morgan fingerprint density at radius 1 is 1.53 bits per heavy atom. The first-order chi connectivity index (χ1) is 7.78. The standard InChI is InChI=1S/C11H16ClN3O2/c1-7-8(13-6-9(12)15-7)5-14-10(16)17-11(2,3)4/h6H,5H2,1-4H3,(H,14,16). The van der Waals surface area contributed by atoms with E-state index in [1.54, 1.807) is 27.7 Å². The Morgan fingerprint density at radius 2 is 2.18 bits per heavy atom. The lowest BCUT2D eigenvalue weighted by Crippen LogP contribution is -2.32. The molecule has 1 rings (SSSR count). The van der Waals surface area contributed by atoms with Crippen LogP contribution in [0.3, 0.4) is 0 Å². The minimum absolute atomic E-state index is 0.269. The van der Waals surface area contributed by atoms with Crippen LogP contribution in [0.25, 0.3) is 0 Å². The maximum absolute atomic E-state index is 11.4. The number of nitrogens with zero attached hydrogens (tertiary/aromatic N) is 2. The normalized spacial score (nSPS) is 11.1. The lowest BCUT2D eigenvalue weighted by molar-refractivity contribution is 0.0523. The van der Waals surface area contributed by atoms with E-state index in [2.05, 4.69) is 15.3 Å². The predicted octanol–water partition coefficient (Wildman–Crippen LogP) is 2.46. The van der Waals surface area contributed by atoms with Crippen LogP contribution in [0.4, 0.5) is 4.79 Å². The molecular formula is C11H16ClN3O2. The summed E-state index contributed by atoms with van der Waals surface area (Å²) in [6.45, 7) is 7.47. The highest BCUT2D eigenvalue weighted by molar-refractivity contribution is 6.29. The van der Waals surface area contributed by atoms with E-state index in [9.17, 15) is 4.79 Å². The number of ether oxygens (including phenoxy) is 1. The molecule has 0 fully saturated rings. The number of carbonyl (C=O) groups is 1. The highest BCUT2D eigenvalue weighted by atomic mass is 35.5. The Balaban J connectivity index is 2.53. The fourth-order valence-corrected chi connectivity index (χ4v) is 1.30. The molecule has 0 aromatic carbocycles. The molecule has 94 valence electrons. The van der Waals surface area contributed by atoms with Gasteiger partial charge >= 0.3 is 6.09 Å². The van der Waals surface area contributed by atoms with E-state index < -0.39 is 11.7 Å². The van der Waals surface area contributed by atoms with Crippen LogP contribution in [0.15, 0.2) is 6.20 Å². The molecule has 0 saturated heterocycles. The molecule has 0 radical (unpaired) electrons. The molecule has 0 atom stereocenters. The van der Waals surface area contributed by atoms with Crippen molar-refractivity contribution in [2.75, 3.05) is 0 Å². The van der Waals surface area contributed by atoms with Gasteiger partial charge in [-0.3, -0.25) is 4.98 Å². The largest absolute Gasteiger partial charge is 0.444 e. The Bertz CT molecular complexity index is 416. The molecule has 0 saturated carbocycles. The van der Waals surface area contributed by atoms with E-state index in [4.69, 9.17) is 16.3 Å². The van der Waals surface area contributed by atoms with E-state index in [1.165, 1.54) is 6.20 Å². The van der Waals surface area contributed by atoms with Crippen LogP contribution in [0.2, 0.25) is 5.15 Å². The SMILES string of the molecule is Cc1nc(Cl)cnc1CNC(=O)OC(C)(C)C. The van der Waals surface area contributed by atoms with Crippen molar-refractivity contribution in [3.8, 4) is 0 Å². The van der Waals surface area contributed by atoms with Crippen molar-refractivity contribution in [2.24, 2.45) is 0 Å². The van der Waals surface area contributed by atoms with Crippen molar-refractivity contribution in [3.63, 3.8) is 0 Å². The number of carbonyl (C=O) groups excluding carboxylic acids is 1. The maximum atomic E-state index is 11.4. The Hall–Kier alpha value is -1.36. The zero-order valence-corrected chi connectivity index (χ0v) is 11.1. The molecule has 0 spiro atoms. The third-order valence-electron chi connectivity index (χ3n) is 1.82. The second kappa shape index (κ2) is 5.31. The lowest BCUT2D eigenvalue weighted by atomic mass is 10.2. The van der Waals surface area contributed by atoms with Gasteiger partial charge in [0.2, 0.25) is 0 Å². The number of alkyl carbamates (subject to hydrolysis) is 1. The minimum Gasteiger partial charge on any atom is -0.444 e. The van der Waals surface area contributed by atoms with Gasteiger partial charge in [0.1, 0.15) is 10.8 Å². The molecule has 1 N–H and O–H groups in total. The fourth-order valence-electron chi connectivity index (χ4n) is 1.12. The van der Waals surface area contributed by atoms with Crippen molar-refractivity contribution in [1.82, 2.24) is 15.3 Å². The topological polar surface area (TPSA) is 64.1 Å². The first-order valence-corrected chi connectivity index (χ1v) is 5.60. The number of hydrogen-bond donors (Lipinski definition) is 1. The Morgan fingerprint density at radius 3 is 2.71 bits per heavy atom. The highest BCUT2D eigenvalue weighted by Crippen LogP contribution is 2.08. The summed E-state index contributed by atoms with van der Waals surface area (Å²) in [5, 5.41) is 2.95. The van der Waals surface area contributed by atoms with Gasteiger partial charge in [-0.25, -0.2) is 9.78 Å². The van der Waals surface area contributed by atoms with Gasteiger partial charge in [-0.2, -0.15) is 0 Å². The summed E-state index contributed by atoms with van der Waals surface area (Å²) >= 11 is 5.68. The first kappa shape index (κ1) is 13.7. The number of amides is 1. The molecule has 0 aliphatic carbocycles. The second-order valence-electron chi connectivity index (χ2n) is 4.58. The van der Waals surface area contributed by atoms with Gasteiger partial charge in [0.25, 0.3) is 0 Å². The third kappa shape index (κ3) is 4.99. The van der Waals surface area contributed by atoms with Crippen molar-refractivity contribution in [1.29, 1.82) is 0 Å². The van der Waals surface area contributed by atoms with E-state index in [0.29, 0.717) is 16.5 Å². The average molecular weight is 258 g/mol. The molecule has 0 bridgehead atoms. The minimum atomic E-state index is -0.509. The van der Waals surface area contributed by atoms with Crippen LogP contribution in [0.5, 0.6) is 0 Å². The quantitative estimate of drug-likeness (QED) is 0.884. The van der Waals surface area contributed by atoms with Crippen LogP contribution >= 0.6 is 11.6 Å². The number of nitrogens with one attached hydrogen (secondary N) is 1. The zero-order chi connectivity index (χ0) is 13.1. The molecule has 17 heavy (non-hydrogen) atoms. The van der Waals surface area contributed by atoms with Crippen molar-refractivity contribution >= 4 is 17.7 Å². The monoisotopic (exact) mass is 257 g/mol. The van der Waals surface area contributed by atoms with Gasteiger partial charge in [0, 0.05) is 0 Å². The molecule has 0 unspecified atom stereocenters. The molecular weight excluding hydrogens is 242 g/mol. The Labute approximate surface area is 106 Å². The van der Waals surface area contributed by atoms with Crippen LogP contribution in [0.1, 0.15) is 32.2 Å². The van der Waals surface area contributed by atoms with Crippen molar-refractivity contribution in [2.45, 2.75) is 39.8 Å². The summed E-state index contributed by atoms with van der Waals surface area (Å²) < 4.78 is 5.10. The number of aryl methyl sites for hydroxylation is 1. The van der Waals surface area contributed by atoms with Gasteiger partial charge in [-0.15, -0.1) is 0 Å². The molecule has 1 aromatic rings. The molecule has 1 amide bonds. The van der Waals surface area contributed by atoms with Crippen LogP contribution in [-0.4, -0.2) is 21.7 Å². The third-order valence-corrected chi connectivity index (χ3v) is 2.00. The molecule has 0 aliphatic heterocycles. The summed E-state index contributed by atoms with van der Waals surface area (Å²) in [7, 11) is 0. The fraction of sp³-hybridized carbons (Fsp3) is 0.545. The average Bonchev–Trinajstić information content (AvgIpc) is 2.13. The van der Waals surface area contributed by atoms with Gasteiger partial charge in [0.05, 0.1) is 24.1 Å². The van der Waals surface area contributed by atoms with Crippen LogP contribution in [-0.2, 0) is 11.3 Å². The maximum Gasteiger partial charge on any atom is 0.407 e. The molecule has 0 aliphatic rings. The van der Waals surface area contributed by atoms with Gasteiger partial charge in [0.15, 0.2) is 0 Å². The zero-order valence-electron chi connectivity index (χ0n) is 10.4. The molecule has 6 heteroatoms. The highest BCUT2D eigenvalue weighted by Gasteiger charge is 2.16. The Kier molecular flexibility index (Phi) is 4.28.